The average molecular weight is 301 g/mol. The fourth-order valence-corrected chi connectivity index (χ4v) is 1.68. The van der Waals surface area contributed by atoms with E-state index in [2.05, 4.69) is 20.9 Å². The molecule has 17 heavy (non-hydrogen) atoms. The largest absolute Gasteiger partial charge is 0.494 e. The molecule has 0 saturated heterocycles. The maximum Gasteiger partial charge on any atom is 0.248 e. The van der Waals surface area contributed by atoms with Gasteiger partial charge in [-0.3, -0.25) is 4.79 Å². The molecule has 0 aliphatic carbocycles. The highest BCUT2D eigenvalue weighted by atomic mass is 79.9. The molecule has 2 rings (SSSR count). The normalized spacial score (nSPS) is 14.8. The molecule has 0 unspecified atom stereocenters. The number of unbranched alkanes of at least 4 members (excludes halogenated alkanes) is 1. The van der Waals surface area contributed by atoms with Crippen LogP contribution in [0, 0.1) is 0 Å². The average Bonchev–Trinajstić information content (AvgIpc) is 2.49. The van der Waals surface area contributed by atoms with Crippen LogP contribution in [0.25, 0.3) is 10.9 Å². The monoisotopic (exact) mass is 300 g/mol. The zero-order valence-electron chi connectivity index (χ0n) is 14.0. The maximum atomic E-state index is 11.6. The summed E-state index contributed by atoms with van der Waals surface area (Å²) in [5, 5.41) is 0.744. The van der Waals surface area contributed by atoms with E-state index in [-0.39, 0.29) is 34.8 Å². The quantitative estimate of drug-likeness (QED) is 0.681. The van der Waals surface area contributed by atoms with Crippen molar-refractivity contribution in [2.75, 3.05) is 11.9 Å². The van der Waals surface area contributed by atoms with E-state index in [1.165, 1.54) is 0 Å². The molecule has 1 aromatic carbocycles. The molecule has 0 spiro atoms. The lowest BCUT2D eigenvalue weighted by Crippen LogP contribution is -2.03. The number of H-pyrrole nitrogens is 1. The van der Waals surface area contributed by atoms with Crippen LogP contribution in [0.15, 0.2) is 35.0 Å². The molecule has 1 heterocycles. The number of rotatable bonds is 5. The number of alkyl halides is 1. The molecule has 1 aromatic heterocycles. The van der Waals surface area contributed by atoms with Gasteiger partial charge in [-0.25, -0.2) is 0 Å². The molecular weight excluding hydrogens is 282 g/mol. The Labute approximate surface area is 115 Å². The maximum absolute atomic E-state index is 11.6. The third kappa shape index (κ3) is 3.33. The standard InChI is InChI=1S/C13H14BrNO2/c14-7-1-2-8-17-11-5-3-10-4-6-13(16)15-12(10)9-11/h3-6,9H,1-2,7-8H2,(H,15,16)/i3D,4D,5D,6D,9D. The lowest BCUT2D eigenvalue weighted by Gasteiger charge is -2.06. The van der Waals surface area contributed by atoms with Gasteiger partial charge in [-0.15, -0.1) is 0 Å². The van der Waals surface area contributed by atoms with E-state index in [1.54, 1.807) is 0 Å². The van der Waals surface area contributed by atoms with Crippen molar-refractivity contribution < 1.29 is 11.6 Å². The topological polar surface area (TPSA) is 42.1 Å². The summed E-state index contributed by atoms with van der Waals surface area (Å²) < 4.78 is 44.7. The summed E-state index contributed by atoms with van der Waals surface area (Å²) in [6.07, 6.45) is 1.60. The van der Waals surface area contributed by atoms with Crippen LogP contribution in [-0.4, -0.2) is 16.9 Å². The molecule has 0 fully saturated rings. The third-order valence-electron chi connectivity index (χ3n) is 2.10. The van der Waals surface area contributed by atoms with Crippen molar-refractivity contribution in [1.82, 2.24) is 4.98 Å². The number of hydrogen-bond donors (Lipinski definition) is 1. The van der Waals surface area contributed by atoms with Crippen LogP contribution in [0.3, 0.4) is 0 Å². The van der Waals surface area contributed by atoms with Crippen LogP contribution in [0.4, 0.5) is 0 Å². The zero-order valence-corrected chi connectivity index (χ0v) is 10.6. The fraction of sp³-hybridized carbons (Fsp3) is 0.308. The van der Waals surface area contributed by atoms with Gasteiger partial charge >= 0.3 is 0 Å². The van der Waals surface area contributed by atoms with Gasteiger partial charge in [-0.05, 0) is 36.4 Å². The van der Waals surface area contributed by atoms with E-state index >= 15 is 0 Å². The van der Waals surface area contributed by atoms with Crippen molar-refractivity contribution in [2.45, 2.75) is 12.8 Å². The number of halogens is 1. The first-order valence-electron chi connectivity index (χ1n) is 7.71. The number of aromatic amines is 1. The van der Waals surface area contributed by atoms with E-state index in [1.807, 2.05) is 0 Å². The molecule has 1 N–H and O–H groups in total. The molecule has 0 aliphatic heterocycles. The zero-order chi connectivity index (χ0) is 16.4. The smallest absolute Gasteiger partial charge is 0.248 e. The van der Waals surface area contributed by atoms with E-state index in [0.29, 0.717) is 6.61 Å². The summed E-state index contributed by atoms with van der Waals surface area (Å²) >= 11 is 3.29. The molecular formula is C13H14BrNO2. The first-order valence-corrected chi connectivity index (χ1v) is 6.34. The van der Waals surface area contributed by atoms with Crippen LogP contribution in [0.1, 0.15) is 19.7 Å². The molecule has 0 bridgehead atoms. The van der Waals surface area contributed by atoms with E-state index in [4.69, 9.17) is 11.6 Å². The molecule has 0 saturated carbocycles. The van der Waals surface area contributed by atoms with Gasteiger partial charge in [0.2, 0.25) is 5.56 Å². The Morgan fingerprint density at radius 2 is 2.12 bits per heavy atom. The fourth-order valence-electron chi connectivity index (χ4n) is 1.28. The minimum absolute atomic E-state index is 0.0394. The second-order valence-electron chi connectivity index (χ2n) is 3.40. The van der Waals surface area contributed by atoms with Gasteiger partial charge < -0.3 is 9.72 Å². The summed E-state index contributed by atoms with van der Waals surface area (Å²) in [6.45, 7) is 0.294. The van der Waals surface area contributed by atoms with Crippen LogP contribution < -0.4 is 10.3 Å². The first kappa shape index (κ1) is 7.21. The van der Waals surface area contributed by atoms with Crippen molar-refractivity contribution in [3.05, 3.63) is 40.6 Å². The minimum atomic E-state index is -0.798. The summed E-state index contributed by atoms with van der Waals surface area (Å²) in [5.41, 5.74) is -0.837. The lowest BCUT2D eigenvalue weighted by atomic mass is 10.2. The summed E-state index contributed by atoms with van der Waals surface area (Å²) in [6, 6.07) is -1.89. The second-order valence-corrected chi connectivity index (χ2v) is 4.20. The van der Waals surface area contributed by atoms with E-state index < -0.39 is 17.6 Å². The van der Waals surface area contributed by atoms with Gasteiger partial charge in [0.05, 0.1) is 19.0 Å². The summed E-state index contributed by atoms with van der Waals surface area (Å²) in [5.74, 6) is -0.0835. The highest BCUT2D eigenvalue weighted by Crippen LogP contribution is 2.18. The van der Waals surface area contributed by atoms with Gasteiger partial charge in [0.25, 0.3) is 0 Å². The Morgan fingerprint density at radius 3 is 2.94 bits per heavy atom. The van der Waals surface area contributed by atoms with E-state index in [9.17, 15) is 4.79 Å². The predicted octanol–water partition coefficient (Wildman–Crippen LogP) is 3.08. The molecule has 2 aromatic rings. The van der Waals surface area contributed by atoms with Crippen LogP contribution >= 0.6 is 15.9 Å². The number of pyridine rings is 1. The van der Waals surface area contributed by atoms with Crippen molar-refractivity contribution >= 4 is 26.8 Å². The van der Waals surface area contributed by atoms with Crippen molar-refractivity contribution in [3.63, 3.8) is 0 Å². The highest BCUT2D eigenvalue weighted by molar-refractivity contribution is 9.09. The Kier molecular flexibility index (Phi) is 2.49. The van der Waals surface area contributed by atoms with Crippen LogP contribution in [0.2, 0.25) is 0 Å². The summed E-state index contributed by atoms with van der Waals surface area (Å²) in [4.78, 5) is 13.9. The number of benzene rings is 1. The molecule has 0 atom stereocenters. The molecule has 3 nitrogen and oxygen atoms in total. The number of fused-ring (bicyclic) bond motifs is 1. The van der Waals surface area contributed by atoms with Gasteiger partial charge in [-0.2, -0.15) is 0 Å². The Bertz CT molecular complexity index is 778. The number of nitrogens with one attached hydrogen (secondary N) is 1. The minimum Gasteiger partial charge on any atom is -0.494 e. The Hall–Kier alpha value is -1.29. The van der Waals surface area contributed by atoms with Gasteiger partial charge in [-0.1, -0.05) is 15.9 Å². The SMILES string of the molecule is [2H]c1c(OCCCCBr)c([2H])c2[nH]c(=O)c([2H])c([2H])c2c1[2H]. The summed E-state index contributed by atoms with van der Waals surface area (Å²) in [7, 11) is 0. The van der Waals surface area contributed by atoms with Crippen LogP contribution in [0.5, 0.6) is 5.75 Å². The number of aromatic nitrogens is 1. The molecule has 90 valence electrons. The van der Waals surface area contributed by atoms with Crippen molar-refractivity contribution in [1.29, 1.82) is 0 Å². The van der Waals surface area contributed by atoms with Crippen LogP contribution in [-0.2, 0) is 0 Å². The second kappa shape index (κ2) is 5.87. The number of ether oxygens (including phenoxy) is 1. The molecule has 0 radical (unpaired) electrons. The predicted molar refractivity (Wildman–Crippen MR) is 73.1 cm³/mol. The highest BCUT2D eigenvalue weighted by Gasteiger charge is 1.98. The molecule has 0 aliphatic rings. The van der Waals surface area contributed by atoms with Crippen molar-refractivity contribution in [3.8, 4) is 5.75 Å². The van der Waals surface area contributed by atoms with Gasteiger partial charge in [0, 0.05) is 17.4 Å². The van der Waals surface area contributed by atoms with E-state index in [0.717, 1.165) is 18.2 Å². The third-order valence-corrected chi connectivity index (χ3v) is 2.66. The van der Waals surface area contributed by atoms with Crippen molar-refractivity contribution in [2.24, 2.45) is 0 Å². The first-order chi connectivity index (χ1) is 10.4. The molecule has 4 heteroatoms. The van der Waals surface area contributed by atoms with Gasteiger partial charge in [0.15, 0.2) is 0 Å². The number of hydrogen-bond acceptors (Lipinski definition) is 2. The lowest BCUT2D eigenvalue weighted by molar-refractivity contribution is 0.310. The Balaban J connectivity index is 2.61. The van der Waals surface area contributed by atoms with Gasteiger partial charge in [0.1, 0.15) is 5.75 Å². The Morgan fingerprint density at radius 1 is 1.29 bits per heavy atom. The molecule has 0 amide bonds.